The molecule has 1 aromatic rings. The van der Waals surface area contributed by atoms with Gasteiger partial charge in [-0.25, -0.2) is 13.6 Å². The zero-order valence-corrected chi connectivity index (χ0v) is 12.1. The van der Waals surface area contributed by atoms with Gasteiger partial charge in [-0.05, 0) is 18.1 Å². The molecule has 0 spiro atoms. The normalized spacial score (nSPS) is 16.7. The molecule has 1 aliphatic heterocycles. The van der Waals surface area contributed by atoms with Crippen molar-refractivity contribution >= 4 is 21.8 Å². The summed E-state index contributed by atoms with van der Waals surface area (Å²) in [5.41, 5.74) is 0.607. The molecular formula is C13H16N2O4S. The summed E-state index contributed by atoms with van der Waals surface area (Å²) in [6.45, 7) is 3.50. The second-order valence-corrected chi connectivity index (χ2v) is 6.83. The van der Waals surface area contributed by atoms with Gasteiger partial charge in [0.1, 0.15) is 0 Å². The number of carbonyl (C=O) groups excluding carboxylic acids is 2. The van der Waals surface area contributed by atoms with E-state index in [4.69, 9.17) is 5.14 Å². The minimum atomic E-state index is -3.79. The molecule has 1 atom stereocenters. The van der Waals surface area contributed by atoms with Crippen molar-refractivity contribution in [1.82, 2.24) is 4.90 Å². The van der Waals surface area contributed by atoms with Gasteiger partial charge in [0.2, 0.25) is 10.0 Å². The first kappa shape index (κ1) is 14.7. The molecule has 2 amide bonds. The average molecular weight is 296 g/mol. The van der Waals surface area contributed by atoms with Crippen LogP contribution in [0.5, 0.6) is 0 Å². The number of imide groups is 1. The number of primary sulfonamides is 1. The fourth-order valence-electron chi connectivity index (χ4n) is 2.31. The van der Waals surface area contributed by atoms with Crippen LogP contribution in [0.25, 0.3) is 0 Å². The number of hydrogen-bond donors (Lipinski definition) is 1. The first-order chi connectivity index (χ1) is 9.22. The maximum atomic E-state index is 12.3. The maximum Gasteiger partial charge on any atom is 0.261 e. The average Bonchev–Trinajstić information content (AvgIpc) is 2.59. The van der Waals surface area contributed by atoms with Crippen LogP contribution in [0.2, 0.25) is 0 Å². The van der Waals surface area contributed by atoms with E-state index in [1.54, 1.807) is 38.1 Å². The lowest BCUT2D eigenvalue weighted by Gasteiger charge is -2.28. The van der Waals surface area contributed by atoms with E-state index in [9.17, 15) is 18.0 Å². The van der Waals surface area contributed by atoms with Gasteiger partial charge >= 0.3 is 0 Å². The van der Waals surface area contributed by atoms with Crippen molar-refractivity contribution in [1.29, 1.82) is 0 Å². The third kappa shape index (κ3) is 2.59. The summed E-state index contributed by atoms with van der Waals surface area (Å²) in [5, 5.41) is 5.06. The van der Waals surface area contributed by atoms with Gasteiger partial charge in [-0.15, -0.1) is 0 Å². The summed E-state index contributed by atoms with van der Waals surface area (Å²) in [4.78, 5) is 25.6. The van der Waals surface area contributed by atoms with E-state index in [0.29, 0.717) is 11.1 Å². The van der Waals surface area contributed by atoms with Gasteiger partial charge in [0.05, 0.1) is 22.9 Å². The summed E-state index contributed by atoms with van der Waals surface area (Å²) in [5.74, 6) is -1.58. The number of sulfonamides is 1. The fourth-order valence-corrected chi connectivity index (χ4v) is 3.32. The molecule has 0 bridgehead atoms. The van der Waals surface area contributed by atoms with E-state index in [2.05, 4.69) is 0 Å². The Morgan fingerprint density at radius 2 is 1.55 bits per heavy atom. The highest BCUT2D eigenvalue weighted by atomic mass is 32.2. The van der Waals surface area contributed by atoms with Gasteiger partial charge < -0.3 is 0 Å². The third-order valence-electron chi connectivity index (χ3n) is 3.33. The molecule has 1 heterocycles. The summed E-state index contributed by atoms with van der Waals surface area (Å²) < 4.78 is 22.6. The second-order valence-electron chi connectivity index (χ2n) is 5.17. The molecule has 2 N–H and O–H groups in total. The van der Waals surface area contributed by atoms with E-state index in [0.717, 1.165) is 4.90 Å². The topological polar surface area (TPSA) is 97.5 Å². The van der Waals surface area contributed by atoms with Crippen LogP contribution in [0.4, 0.5) is 0 Å². The largest absolute Gasteiger partial charge is 0.270 e. The van der Waals surface area contributed by atoms with Crippen LogP contribution in [-0.4, -0.2) is 36.9 Å². The molecule has 0 fully saturated rings. The van der Waals surface area contributed by atoms with Gasteiger partial charge in [0.25, 0.3) is 11.8 Å². The number of carbonyl (C=O) groups is 2. The molecule has 0 unspecified atom stereocenters. The summed E-state index contributed by atoms with van der Waals surface area (Å²) in [7, 11) is -3.79. The smallest absolute Gasteiger partial charge is 0.261 e. The summed E-state index contributed by atoms with van der Waals surface area (Å²) in [6, 6.07) is 5.68. The van der Waals surface area contributed by atoms with Crippen molar-refractivity contribution in [3.63, 3.8) is 0 Å². The van der Waals surface area contributed by atoms with Crippen LogP contribution in [0, 0.1) is 5.92 Å². The SMILES string of the molecule is CC(C)[C@@H](CS(N)(=O)=O)N1C(=O)c2ccccc2C1=O. The third-order valence-corrected chi connectivity index (χ3v) is 4.14. The lowest BCUT2D eigenvalue weighted by Crippen LogP contribution is -2.48. The minimum absolute atomic E-state index is 0.212. The first-order valence-electron chi connectivity index (χ1n) is 6.20. The van der Waals surface area contributed by atoms with E-state index in [1.807, 2.05) is 0 Å². The van der Waals surface area contributed by atoms with Crippen molar-refractivity contribution in [2.75, 3.05) is 5.75 Å². The first-order valence-corrected chi connectivity index (χ1v) is 7.91. The highest BCUT2D eigenvalue weighted by Gasteiger charge is 2.41. The van der Waals surface area contributed by atoms with E-state index >= 15 is 0 Å². The van der Waals surface area contributed by atoms with E-state index in [-0.39, 0.29) is 5.92 Å². The predicted octanol–water partition coefficient (Wildman–Crippen LogP) is 0.596. The quantitative estimate of drug-likeness (QED) is 0.822. The molecule has 0 radical (unpaired) electrons. The summed E-state index contributed by atoms with van der Waals surface area (Å²) >= 11 is 0. The number of hydrogen-bond acceptors (Lipinski definition) is 4. The molecule has 0 saturated carbocycles. The van der Waals surface area contributed by atoms with Crippen LogP contribution in [-0.2, 0) is 10.0 Å². The highest BCUT2D eigenvalue weighted by molar-refractivity contribution is 7.89. The minimum Gasteiger partial charge on any atom is -0.270 e. The molecule has 20 heavy (non-hydrogen) atoms. The van der Waals surface area contributed by atoms with Gasteiger partial charge in [-0.3, -0.25) is 14.5 Å². The van der Waals surface area contributed by atoms with E-state index < -0.39 is 33.6 Å². The molecule has 0 saturated heterocycles. The zero-order valence-electron chi connectivity index (χ0n) is 11.2. The van der Waals surface area contributed by atoms with Crippen molar-refractivity contribution in [3.8, 4) is 0 Å². The molecule has 0 aliphatic carbocycles. The van der Waals surface area contributed by atoms with Crippen molar-refractivity contribution in [2.24, 2.45) is 11.1 Å². The highest BCUT2D eigenvalue weighted by Crippen LogP contribution is 2.27. The van der Waals surface area contributed by atoms with Crippen molar-refractivity contribution in [3.05, 3.63) is 35.4 Å². The van der Waals surface area contributed by atoms with Crippen LogP contribution in [0.1, 0.15) is 34.6 Å². The van der Waals surface area contributed by atoms with Gasteiger partial charge in [-0.2, -0.15) is 0 Å². The van der Waals surface area contributed by atoms with E-state index in [1.165, 1.54) is 0 Å². The molecule has 7 heteroatoms. The number of amides is 2. The Bertz CT molecular complexity index is 632. The van der Waals surface area contributed by atoms with Crippen molar-refractivity contribution < 1.29 is 18.0 Å². The Morgan fingerprint density at radius 1 is 1.10 bits per heavy atom. The monoisotopic (exact) mass is 296 g/mol. The number of nitrogens with zero attached hydrogens (tertiary/aromatic N) is 1. The standard InChI is InChI=1S/C13H16N2O4S/c1-8(2)11(7-20(14,18)19)15-12(16)9-5-3-4-6-10(9)13(15)17/h3-6,8,11H,7H2,1-2H3,(H2,14,18,19)/t11-/m1/s1. The molecular weight excluding hydrogens is 280 g/mol. The zero-order chi connectivity index (χ0) is 15.1. The molecule has 1 aromatic carbocycles. The van der Waals surface area contributed by atoms with Crippen LogP contribution in [0.3, 0.4) is 0 Å². The fraction of sp³-hybridized carbons (Fsp3) is 0.385. The number of benzene rings is 1. The predicted molar refractivity (Wildman–Crippen MR) is 73.5 cm³/mol. The number of fused-ring (bicyclic) bond motifs is 1. The molecule has 0 aromatic heterocycles. The Balaban J connectivity index is 2.42. The molecule has 108 valence electrons. The Labute approximate surface area is 117 Å². The van der Waals surface area contributed by atoms with Crippen molar-refractivity contribution in [2.45, 2.75) is 19.9 Å². The van der Waals surface area contributed by atoms with Crippen LogP contribution >= 0.6 is 0 Å². The molecule has 1 aliphatic rings. The Morgan fingerprint density at radius 3 is 1.90 bits per heavy atom. The number of nitrogens with two attached hydrogens (primary N) is 1. The maximum absolute atomic E-state index is 12.3. The molecule has 2 rings (SSSR count). The van der Waals surface area contributed by atoms with Crippen LogP contribution < -0.4 is 5.14 Å². The lowest BCUT2D eigenvalue weighted by atomic mass is 10.0. The Kier molecular flexibility index (Phi) is 3.66. The Hall–Kier alpha value is -1.73. The van der Waals surface area contributed by atoms with Gasteiger partial charge in [0, 0.05) is 0 Å². The molecule has 6 nitrogen and oxygen atoms in total. The number of rotatable bonds is 4. The van der Waals surface area contributed by atoms with Gasteiger partial charge in [0.15, 0.2) is 0 Å². The second kappa shape index (κ2) is 4.99. The lowest BCUT2D eigenvalue weighted by molar-refractivity contribution is 0.0562. The van der Waals surface area contributed by atoms with Crippen LogP contribution in [0.15, 0.2) is 24.3 Å². The van der Waals surface area contributed by atoms with Gasteiger partial charge in [-0.1, -0.05) is 26.0 Å². The summed E-state index contributed by atoms with van der Waals surface area (Å²) in [6.07, 6.45) is 0.